The highest BCUT2D eigenvalue weighted by Gasteiger charge is 2.18. The van der Waals surface area contributed by atoms with Crippen LogP contribution in [0.3, 0.4) is 0 Å². The fourth-order valence-corrected chi connectivity index (χ4v) is 2.64. The van der Waals surface area contributed by atoms with Crippen molar-refractivity contribution in [1.82, 2.24) is 14.0 Å². The van der Waals surface area contributed by atoms with Crippen molar-refractivity contribution < 1.29 is 22.7 Å². The van der Waals surface area contributed by atoms with Gasteiger partial charge in [0.2, 0.25) is 5.88 Å². The van der Waals surface area contributed by atoms with E-state index in [1.54, 1.807) is 6.07 Å². The first-order valence-corrected chi connectivity index (χ1v) is 10.2. The lowest BCUT2D eigenvalue weighted by molar-refractivity contribution is 0.0979. The third kappa shape index (κ3) is 6.08. The number of carbonyl (C=O) groups is 1. The van der Waals surface area contributed by atoms with E-state index in [0.717, 1.165) is 4.31 Å². The van der Waals surface area contributed by atoms with E-state index >= 15 is 0 Å². The van der Waals surface area contributed by atoms with E-state index < -0.39 is 16.1 Å². The molecule has 152 valence electrons. The molecule has 28 heavy (non-hydrogen) atoms. The standard InChI is InChI=1S/C18H22ClN3O5S/c1-12(2)11-26-18-16(19)9-15(10-20-18)27-14-7-5-13(6-8-14)17(23)21-28(24,25)22(3)4/h5-10,12H,11H2,1-4H3,(H,21,23). The van der Waals surface area contributed by atoms with Crippen LogP contribution in [0.5, 0.6) is 17.4 Å². The minimum absolute atomic E-state index is 0.173. The molecule has 0 atom stereocenters. The summed E-state index contributed by atoms with van der Waals surface area (Å²) in [5, 5.41) is 0.322. The van der Waals surface area contributed by atoms with Gasteiger partial charge in [0.15, 0.2) is 0 Å². The van der Waals surface area contributed by atoms with Gasteiger partial charge in [-0.2, -0.15) is 12.7 Å². The number of rotatable bonds is 8. The first-order chi connectivity index (χ1) is 13.1. The van der Waals surface area contributed by atoms with E-state index in [1.807, 2.05) is 18.6 Å². The van der Waals surface area contributed by atoms with Crippen LogP contribution in [-0.4, -0.2) is 44.3 Å². The number of hydrogen-bond acceptors (Lipinski definition) is 6. The van der Waals surface area contributed by atoms with Crippen molar-refractivity contribution >= 4 is 27.7 Å². The predicted molar refractivity (Wildman–Crippen MR) is 106 cm³/mol. The second-order valence-corrected chi connectivity index (χ2v) is 8.80. The summed E-state index contributed by atoms with van der Waals surface area (Å²) >= 11 is 6.15. The van der Waals surface area contributed by atoms with E-state index in [9.17, 15) is 13.2 Å². The summed E-state index contributed by atoms with van der Waals surface area (Å²) in [5.74, 6) is 0.765. The van der Waals surface area contributed by atoms with Crippen LogP contribution in [0.2, 0.25) is 5.02 Å². The number of ether oxygens (including phenoxy) is 2. The maximum atomic E-state index is 12.0. The number of carbonyl (C=O) groups excluding carboxylic acids is 1. The Hall–Kier alpha value is -2.36. The average Bonchev–Trinajstić information content (AvgIpc) is 2.61. The van der Waals surface area contributed by atoms with Crippen LogP contribution in [0.1, 0.15) is 24.2 Å². The molecule has 0 radical (unpaired) electrons. The molecule has 0 unspecified atom stereocenters. The maximum absolute atomic E-state index is 12.0. The second-order valence-electron chi connectivity index (χ2n) is 6.51. The molecular weight excluding hydrogens is 406 g/mol. The van der Waals surface area contributed by atoms with Gasteiger partial charge in [0.25, 0.3) is 5.91 Å². The van der Waals surface area contributed by atoms with Crippen molar-refractivity contribution in [1.29, 1.82) is 0 Å². The molecule has 0 fully saturated rings. The van der Waals surface area contributed by atoms with Crippen LogP contribution in [-0.2, 0) is 10.2 Å². The number of amides is 1. The van der Waals surface area contributed by atoms with Gasteiger partial charge < -0.3 is 9.47 Å². The average molecular weight is 428 g/mol. The van der Waals surface area contributed by atoms with Crippen LogP contribution < -0.4 is 14.2 Å². The first kappa shape index (κ1) is 21.9. The van der Waals surface area contributed by atoms with Crippen molar-refractivity contribution in [2.24, 2.45) is 5.92 Å². The summed E-state index contributed by atoms with van der Waals surface area (Å²) in [6, 6.07) is 7.55. The minimum Gasteiger partial charge on any atom is -0.476 e. The summed E-state index contributed by atoms with van der Waals surface area (Å²) in [4.78, 5) is 16.2. The monoisotopic (exact) mass is 427 g/mol. The molecule has 1 aromatic heterocycles. The summed E-state index contributed by atoms with van der Waals surface area (Å²) in [5.41, 5.74) is 0.173. The predicted octanol–water partition coefficient (Wildman–Crippen LogP) is 3.10. The number of nitrogens with one attached hydrogen (secondary N) is 1. The molecule has 1 heterocycles. The fourth-order valence-electron chi connectivity index (χ4n) is 1.89. The molecule has 0 saturated carbocycles. The Bertz CT molecular complexity index is 931. The Morgan fingerprint density at radius 2 is 1.86 bits per heavy atom. The Balaban J connectivity index is 2.04. The largest absolute Gasteiger partial charge is 0.476 e. The first-order valence-electron chi connectivity index (χ1n) is 8.39. The lowest BCUT2D eigenvalue weighted by atomic mass is 10.2. The topological polar surface area (TPSA) is 97.8 Å². The van der Waals surface area contributed by atoms with Gasteiger partial charge in [-0.05, 0) is 30.2 Å². The summed E-state index contributed by atoms with van der Waals surface area (Å²) in [7, 11) is -1.21. The van der Waals surface area contributed by atoms with Crippen LogP contribution in [0, 0.1) is 5.92 Å². The number of hydrogen-bond donors (Lipinski definition) is 1. The van der Waals surface area contributed by atoms with Crippen molar-refractivity contribution in [2.45, 2.75) is 13.8 Å². The van der Waals surface area contributed by atoms with Crippen molar-refractivity contribution in [3.63, 3.8) is 0 Å². The highest BCUT2D eigenvalue weighted by molar-refractivity contribution is 7.87. The number of nitrogens with zero attached hydrogens (tertiary/aromatic N) is 2. The lowest BCUT2D eigenvalue weighted by Gasteiger charge is -2.12. The zero-order chi connectivity index (χ0) is 20.9. The van der Waals surface area contributed by atoms with E-state index in [4.69, 9.17) is 21.1 Å². The van der Waals surface area contributed by atoms with Gasteiger partial charge in [-0.25, -0.2) is 9.71 Å². The zero-order valence-corrected chi connectivity index (χ0v) is 17.5. The Labute approximate surface area is 169 Å². The molecule has 1 N–H and O–H groups in total. The van der Waals surface area contributed by atoms with Gasteiger partial charge in [0.1, 0.15) is 16.5 Å². The SMILES string of the molecule is CC(C)COc1ncc(Oc2ccc(C(=O)NS(=O)(=O)N(C)C)cc2)cc1Cl. The number of pyridine rings is 1. The highest BCUT2D eigenvalue weighted by atomic mass is 35.5. The molecule has 2 aromatic rings. The van der Waals surface area contributed by atoms with Crippen LogP contribution in [0.4, 0.5) is 0 Å². The quantitative estimate of drug-likeness (QED) is 0.695. The van der Waals surface area contributed by atoms with Crippen molar-refractivity contribution in [3.8, 4) is 17.4 Å². The van der Waals surface area contributed by atoms with E-state index in [0.29, 0.717) is 34.9 Å². The molecular formula is C18H22ClN3O5S. The molecule has 2 rings (SSSR count). The van der Waals surface area contributed by atoms with Gasteiger partial charge >= 0.3 is 10.2 Å². The summed E-state index contributed by atoms with van der Waals surface area (Å²) in [6.07, 6.45) is 1.48. The van der Waals surface area contributed by atoms with Gasteiger partial charge in [-0.1, -0.05) is 25.4 Å². The minimum atomic E-state index is -3.86. The van der Waals surface area contributed by atoms with Crippen LogP contribution in [0.25, 0.3) is 0 Å². The molecule has 0 aliphatic heterocycles. The molecule has 0 aliphatic rings. The molecule has 1 amide bonds. The lowest BCUT2D eigenvalue weighted by Crippen LogP contribution is -2.39. The van der Waals surface area contributed by atoms with E-state index in [-0.39, 0.29) is 5.56 Å². The molecule has 8 nitrogen and oxygen atoms in total. The normalized spacial score (nSPS) is 11.5. The smallest absolute Gasteiger partial charge is 0.303 e. The highest BCUT2D eigenvalue weighted by Crippen LogP contribution is 2.29. The fraction of sp³-hybridized carbons (Fsp3) is 0.333. The number of aromatic nitrogens is 1. The zero-order valence-electron chi connectivity index (χ0n) is 16.0. The molecule has 10 heteroatoms. The van der Waals surface area contributed by atoms with Gasteiger partial charge in [0.05, 0.1) is 12.8 Å². The molecule has 0 saturated heterocycles. The molecule has 0 aliphatic carbocycles. The third-order valence-corrected chi connectivity index (χ3v) is 5.07. The van der Waals surface area contributed by atoms with Gasteiger partial charge in [-0.3, -0.25) is 4.79 Å². The third-order valence-electron chi connectivity index (χ3n) is 3.39. The number of halogens is 1. The Morgan fingerprint density at radius 1 is 1.21 bits per heavy atom. The van der Waals surface area contributed by atoms with Crippen LogP contribution in [0.15, 0.2) is 36.5 Å². The molecule has 1 aromatic carbocycles. The second kappa shape index (κ2) is 9.22. The Kier molecular flexibility index (Phi) is 7.22. The summed E-state index contributed by atoms with van der Waals surface area (Å²) in [6.45, 7) is 4.54. The van der Waals surface area contributed by atoms with Crippen LogP contribution >= 0.6 is 11.6 Å². The van der Waals surface area contributed by atoms with Gasteiger partial charge in [0, 0.05) is 25.7 Å². The van der Waals surface area contributed by atoms with Crippen molar-refractivity contribution in [3.05, 3.63) is 47.1 Å². The van der Waals surface area contributed by atoms with E-state index in [2.05, 4.69) is 4.98 Å². The molecule has 0 bridgehead atoms. The Morgan fingerprint density at radius 3 is 2.39 bits per heavy atom. The maximum Gasteiger partial charge on any atom is 0.303 e. The summed E-state index contributed by atoms with van der Waals surface area (Å²) < 4.78 is 37.4. The number of benzene rings is 1. The molecule has 0 spiro atoms. The van der Waals surface area contributed by atoms with Crippen molar-refractivity contribution in [2.75, 3.05) is 20.7 Å². The van der Waals surface area contributed by atoms with E-state index in [1.165, 1.54) is 44.6 Å². The van der Waals surface area contributed by atoms with Gasteiger partial charge in [-0.15, -0.1) is 0 Å².